The topological polar surface area (TPSA) is 85.1 Å². The molecule has 0 saturated heterocycles. The molecule has 0 saturated carbocycles. The molecule has 0 radical (unpaired) electrons. The maximum Gasteiger partial charge on any atom is 0.261 e. The van der Waals surface area contributed by atoms with Gasteiger partial charge in [0, 0.05) is 18.4 Å². The molecule has 1 aromatic carbocycles. The molecule has 0 aliphatic carbocycles. The van der Waals surface area contributed by atoms with Crippen LogP contribution in [0.2, 0.25) is 0 Å². The first kappa shape index (κ1) is 13.4. The molecule has 1 heterocycles. The molecule has 5 nitrogen and oxygen atoms in total. The Kier molecular flexibility index (Phi) is 3.77. The number of nitrogens with two attached hydrogens (primary N) is 1. The first-order chi connectivity index (χ1) is 9.00. The van der Waals surface area contributed by atoms with Crippen molar-refractivity contribution in [2.75, 3.05) is 5.73 Å². The Bertz CT molecular complexity index is 689. The highest BCUT2D eigenvalue weighted by molar-refractivity contribution is 7.89. The van der Waals surface area contributed by atoms with E-state index in [-0.39, 0.29) is 6.54 Å². The zero-order chi connectivity index (χ0) is 13.9. The van der Waals surface area contributed by atoms with Gasteiger partial charge in [0.1, 0.15) is 0 Å². The summed E-state index contributed by atoms with van der Waals surface area (Å²) in [5, 5.41) is -0.621. The summed E-state index contributed by atoms with van der Waals surface area (Å²) in [6.07, 6.45) is 1.22. The second-order valence-corrected chi connectivity index (χ2v) is 5.50. The van der Waals surface area contributed by atoms with Crippen LogP contribution in [-0.2, 0) is 16.6 Å². The van der Waals surface area contributed by atoms with Crippen LogP contribution >= 0.6 is 0 Å². The van der Waals surface area contributed by atoms with Gasteiger partial charge in [-0.15, -0.1) is 0 Å². The lowest BCUT2D eigenvalue weighted by Crippen LogP contribution is -2.25. The first-order valence-electron chi connectivity index (χ1n) is 5.44. The van der Waals surface area contributed by atoms with E-state index in [1.54, 1.807) is 24.3 Å². The molecule has 3 N–H and O–H groups in total. The Labute approximate surface area is 110 Å². The Morgan fingerprint density at radius 2 is 1.95 bits per heavy atom. The van der Waals surface area contributed by atoms with Gasteiger partial charge < -0.3 is 5.73 Å². The first-order valence-corrected chi connectivity index (χ1v) is 6.92. The van der Waals surface area contributed by atoms with Crippen molar-refractivity contribution in [3.63, 3.8) is 0 Å². The second-order valence-electron chi connectivity index (χ2n) is 3.81. The SMILES string of the molecule is Nc1ccccc1CNS(=O)(=O)c1ncccc1F. The molecular formula is C12H12FN3O2S. The van der Waals surface area contributed by atoms with Gasteiger partial charge >= 0.3 is 0 Å². The smallest absolute Gasteiger partial charge is 0.261 e. The van der Waals surface area contributed by atoms with Crippen molar-refractivity contribution in [2.45, 2.75) is 11.6 Å². The third kappa shape index (κ3) is 3.07. The van der Waals surface area contributed by atoms with Gasteiger partial charge in [0.05, 0.1) is 0 Å². The van der Waals surface area contributed by atoms with E-state index in [0.29, 0.717) is 11.3 Å². The van der Waals surface area contributed by atoms with Gasteiger partial charge in [0.25, 0.3) is 10.0 Å². The van der Waals surface area contributed by atoms with Crippen LogP contribution in [0.3, 0.4) is 0 Å². The number of hydrogen-bond donors (Lipinski definition) is 2. The van der Waals surface area contributed by atoms with Crippen molar-refractivity contribution >= 4 is 15.7 Å². The lowest BCUT2D eigenvalue weighted by atomic mass is 10.2. The summed E-state index contributed by atoms with van der Waals surface area (Å²) >= 11 is 0. The van der Waals surface area contributed by atoms with E-state index in [2.05, 4.69) is 9.71 Å². The Morgan fingerprint density at radius 3 is 2.63 bits per heavy atom. The van der Waals surface area contributed by atoms with Gasteiger partial charge in [-0.3, -0.25) is 0 Å². The van der Waals surface area contributed by atoms with E-state index in [1.165, 1.54) is 12.3 Å². The molecule has 19 heavy (non-hydrogen) atoms. The van der Waals surface area contributed by atoms with Gasteiger partial charge in [-0.25, -0.2) is 22.5 Å². The number of pyridine rings is 1. The molecule has 0 unspecified atom stereocenters. The molecule has 2 aromatic rings. The normalized spacial score (nSPS) is 11.4. The van der Waals surface area contributed by atoms with Crippen molar-refractivity contribution < 1.29 is 12.8 Å². The van der Waals surface area contributed by atoms with Gasteiger partial charge in [-0.1, -0.05) is 18.2 Å². The van der Waals surface area contributed by atoms with Gasteiger partial charge in [-0.2, -0.15) is 0 Å². The molecule has 0 amide bonds. The number of nitrogen functional groups attached to an aromatic ring is 1. The van der Waals surface area contributed by atoms with E-state index in [1.807, 2.05) is 0 Å². The summed E-state index contributed by atoms with van der Waals surface area (Å²) in [5.41, 5.74) is 6.77. The Balaban J connectivity index is 2.20. The van der Waals surface area contributed by atoms with Crippen molar-refractivity contribution in [1.29, 1.82) is 0 Å². The molecule has 1 aromatic heterocycles. The number of benzene rings is 1. The van der Waals surface area contributed by atoms with E-state index in [9.17, 15) is 12.8 Å². The predicted octanol–water partition coefficient (Wildman–Crippen LogP) is 1.28. The largest absolute Gasteiger partial charge is 0.398 e. The summed E-state index contributed by atoms with van der Waals surface area (Å²) in [4.78, 5) is 3.53. The highest BCUT2D eigenvalue weighted by Crippen LogP contribution is 2.13. The molecule has 0 fully saturated rings. The third-order valence-electron chi connectivity index (χ3n) is 2.49. The Morgan fingerprint density at radius 1 is 1.21 bits per heavy atom. The van der Waals surface area contributed by atoms with E-state index in [4.69, 9.17) is 5.73 Å². The predicted molar refractivity (Wildman–Crippen MR) is 69.1 cm³/mol. The van der Waals surface area contributed by atoms with Crippen LogP contribution in [0.1, 0.15) is 5.56 Å². The van der Waals surface area contributed by atoms with Gasteiger partial charge in [0.2, 0.25) is 5.03 Å². The summed E-state index contributed by atoms with van der Waals surface area (Å²) in [7, 11) is -4.00. The number of aromatic nitrogens is 1. The van der Waals surface area contributed by atoms with E-state index in [0.717, 1.165) is 6.07 Å². The average Bonchev–Trinajstić information content (AvgIpc) is 2.38. The summed E-state index contributed by atoms with van der Waals surface area (Å²) in [6.45, 7) is -0.0228. The number of nitrogens with zero attached hydrogens (tertiary/aromatic N) is 1. The molecule has 0 bridgehead atoms. The van der Waals surface area contributed by atoms with Crippen LogP contribution in [0.15, 0.2) is 47.6 Å². The van der Waals surface area contributed by atoms with Crippen LogP contribution in [0, 0.1) is 5.82 Å². The van der Waals surface area contributed by atoms with Crippen molar-refractivity contribution in [2.24, 2.45) is 0 Å². The maximum atomic E-state index is 13.4. The average molecular weight is 281 g/mol. The lowest BCUT2D eigenvalue weighted by molar-refractivity contribution is 0.544. The number of halogens is 1. The monoisotopic (exact) mass is 281 g/mol. The molecule has 0 atom stereocenters. The summed E-state index contributed by atoms with van der Waals surface area (Å²) in [6, 6.07) is 9.19. The number of sulfonamides is 1. The van der Waals surface area contributed by atoms with Crippen LogP contribution in [0.5, 0.6) is 0 Å². The molecule has 100 valence electrons. The molecular weight excluding hydrogens is 269 g/mol. The fraction of sp³-hybridized carbons (Fsp3) is 0.0833. The van der Waals surface area contributed by atoms with E-state index >= 15 is 0 Å². The number of nitrogens with one attached hydrogen (secondary N) is 1. The van der Waals surface area contributed by atoms with Crippen molar-refractivity contribution in [3.05, 3.63) is 54.0 Å². The minimum Gasteiger partial charge on any atom is -0.398 e. The minimum atomic E-state index is -4.00. The number of rotatable bonds is 4. The van der Waals surface area contributed by atoms with Gasteiger partial charge in [-0.05, 0) is 23.8 Å². The van der Waals surface area contributed by atoms with Crippen molar-refractivity contribution in [1.82, 2.24) is 9.71 Å². The molecule has 2 rings (SSSR count). The lowest BCUT2D eigenvalue weighted by Gasteiger charge is -2.08. The fourth-order valence-corrected chi connectivity index (χ4v) is 2.51. The molecule has 0 spiro atoms. The highest BCUT2D eigenvalue weighted by atomic mass is 32.2. The maximum absolute atomic E-state index is 13.4. The van der Waals surface area contributed by atoms with Gasteiger partial charge in [0.15, 0.2) is 5.82 Å². The Hall–Kier alpha value is -1.99. The minimum absolute atomic E-state index is 0.0228. The zero-order valence-electron chi connectivity index (χ0n) is 9.88. The third-order valence-corrected chi connectivity index (χ3v) is 3.82. The fourth-order valence-electron chi connectivity index (χ4n) is 1.51. The number of anilines is 1. The zero-order valence-corrected chi connectivity index (χ0v) is 10.7. The summed E-state index contributed by atoms with van der Waals surface area (Å²) < 4.78 is 39.4. The molecule has 0 aliphatic heterocycles. The van der Waals surface area contributed by atoms with Crippen LogP contribution in [0.25, 0.3) is 0 Å². The second kappa shape index (κ2) is 5.33. The quantitative estimate of drug-likeness (QED) is 0.827. The van der Waals surface area contributed by atoms with Crippen LogP contribution in [0.4, 0.5) is 10.1 Å². The van der Waals surface area contributed by atoms with Crippen LogP contribution in [-0.4, -0.2) is 13.4 Å². The van der Waals surface area contributed by atoms with Crippen molar-refractivity contribution in [3.8, 4) is 0 Å². The summed E-state index contributed by atoms with van der Waals surface area (Å²) in [5.74, 6) is -0.893. The van der Waals surface area contributed by atoms with Crippen LogP contribution < -0.4 is 10.5 Å². The number of hydrogen-bond acceptors (Lipinski definition) is 4. The standard InChI is InChI=1S/C12H12FN3O2S/c13-10-5-3-7-15-12(10)19(17,18)16-8-9-4-1-2-6-11(9)14/h1-7,16H,8,14H2. The van der Waals surface area contributed by atoms with E-state index < -0.39 is 20.9 Å². The highest BCUT2D eigenvalue weighted by Gasteiger charge is 2.20. The molecule has 0 aliphatic rings. The number of para-hydroxylation sites is 1. The molecule has 7 heteroatoms.